The van der Waals surface area contributed by atoms with Gasteiger partial charge in [-0.2, -0.15) is 5.10 Å². The Balaban J connectivity index is 1.47. The Morgan fingerprint density at radius 2 is 1.51 bits per heavy atom. The molecule has 0 aliphatic carbocycles. The van der Waals surface area contributed by atoms with E-state index in [0.717, 1.165) is 16.7 Å². The summed E-state index contributed by atoms with van der Waals surface area (Å²) in [4.78, 5) is 48.1. The van der Waals surface area contributed by atoms with E-state index < -0.39 is 0 Å². The fraction of sp³-hybridized carbons (Fsp3) is 0.269. The minimum absolute atomic E-state index is 0.104. The molecular weight excluding hydrogens is 446 g/mol. The van der Waals surface area contributed by atoms with Crippen LogP contribution in [-0.2, 0) is 22.6 Å². The van der Waals surface area contributed by atoms with Gasteiger partial charge in [0.15, 0.2) is 0 Å². The van der Waals surface area contributed by atoms with Crippen molar-refractivity contribution in [1.82, 2.24) is 20.4 Å². The second-order valence-electron chi connectivity index (χ2n) is 7.85. The Morgan fingerprint density at radius 1 is 0.829 bits per heavy atom. The molecule has 0 atom stereocenters. The second-order valence-corrected chi connectivity index (χ2v) is 7.85. The zero-order valence-electron chi connectivity index (χ0n) is 19.8. The topological polar surface area (TPSA) is 122 Å². The molecule has 0 aliphatic heterocycles. The molecule has 0 bridgehead atoms. The molecule has 3 amide bonds. The smallest absolute Gasteiger partial charge is 0.267 e. The van der Waals surface area contributed by atoms with Crippen molar-refractivity contribution in [2.75, 3.05) is 18.4 Å². The van der Waals surface area contributed by atoms with Crippen LogP contribution in [0.4, 0.5) is 5.69 Å². The van der Waals surface area contributed by atoms with Crippen molar-refractivity contribution in [3.05, 3.63) is 82.1 Å². The van der Waals surface area contributed by atoms with Crippen LogP contribution in [0.1, 0.15) is 36.2 Å². The highest BCUT2D eigenvalue weighted by atomic mass is 16.2. The average Bonchev–Trinajstić information content (AvgIpc) is 2.88. The summed E-state index contributed by atoms with van der Waals surface area (Å²) in [7, 11) is 0. The Bertz CT molecular complexity index is 1230. The zero-order valence-corrected chi connectivity index (χ0v) is 19.8. The molecule has 0 saturated carbocycles. The molecule has 0 aliphatic rings. The van der Waals surface area contributed by atoms with Gasteiger partial charge in [-0.05, 0) is 42.3 Å². The van der Waals surface area contributed by atoms with Gasteiger partial charge in [0.2, 0.25) is 11.8 Å². The minimum atomic E-state index is -0.386. The number of rotatable bonds is 10. The number of carbonyl (C=O) groups is 3. The molecule has 3 aromatic rings. The van der Waals surface area contributed by atoms with E-state index in [4.69, 9.17) is 0 Å². The molecule has 9 nitrogen and oxygen atoms in total. The molecule has 0 saturated heterocycles. The lowest BCUT2D eigenvalue weighted by molar-refractivity contribution is -0.122. The molecule has 0 fully saturated rings. The maximum atomic E-state index is 12.3. The van der Waals surface area contributed by atoms with E-state index >= 15 is 0 Å². The van der Waals surface area contributed by atoms with E-state index in [1.165, 1.54) is 11.6 Å². The third kappa shape index (κ3) is 7.36. The van der Waals surface area contributed by atoms with Crippen LogP contribution in [0.3, 0.4) is 0 Å². The molecule has 3 N–H and O–H groups in total. The lowest BCUT2D eigenvalue weighted by Crippen LogP contribution is -2.38. The molecule has 0 unspecified atom stereocenters. The summed E-state index contributed by atoms with van der Waals surface area (Å²) in [6.07, 6.45) is 1.30. The zero-order chi connectivity index (χ0) is 25.2. The fourth-order valence-corrected chi connectivity index (χ4v) is 3.25. The Kier molecular flexibility index (Phi) is 8.89. The van der Waals surface area contributed by atoms with Gasteiger partial charge in [-0.25, -0.2) is 4.68 Å². The normalized spacial score (nSPS) is 10.5. The van der Waals surface area contributed by atoms with Crippen LogP contribution >= 0.6 is 0 Å². The van der Waals surface area contributed by atoms with Crippen LogP contribution in [0.15, 0.2) is 65.5 Å². The number of hydrogen-bond donors (Lipinski definition) is 3. The number of aromatic nitrogens is 2. The monoisotopic (exact) mass is 475 g/mol. The Labute approximate surface area is 203 Å². The maximum Gasteiger partial charge on any atom is 0.267 e. The van der Waals surface area contributed by atoms with Crippen molar-refractivity contribution in [2.45, 2.75) is 33.2 Å². The fourth-order valence-electron chi connectivity index (χ4n) is 3.25. The highest BCUT2D eigenvalue weighted by Gasteiger charge is 2.09. The van der Waals surface area contributed by atoms with Gasteiger partial charge in [0.25, 0.3) is 11.5 Å². The number of carbonyl (C=O) groups excluding carboxylic acids is 3. The molecule has 182 valence electrons. The number of nitrogens with zero attached hydrogens (tertiary/aromatic N) is 2. The summed E-state index contributed by atoms with van der Waals surface area (Å²) in [5.41, 5.74) is 3.34. The third-order valence-corrected chi connectivity index (χ3v) is 5.30. The van der Waals surface area contributed by atoms with Gasteiger partial charge in [0, 0.05) is 42.4 Å². The minimum Gasteiger partial charge on any atom is -0.353 e. The number of aryl methyl sites for hydroxylation is 1. The van der Waals surface area contributed by atoms with Crippen molar-refractivity contribution < 1.29 is 14.4 Å². The lowest BCUT2D eigenvalue weighted by Gasteiger charge is -2.10. The Morgan fingerprint density at radius 3 is 2.17 bits per heavy atom. The standard InChI is InChI=1S/C26H29N5O4/c1-3-18-5-7-19(8-6-18)22-13-14-25(34)31(30-22)17-24(33)27-15-16-28-26(35)20-9-11-21(12-10-20)29-23(32)4-2/h5-14H,3-4,15-17H2,1-2H3,(H,27,33)(H,28,35)(H,29,32). The maximum absolute atomic E-state index is 12.3. The molecular formula is C26H29N5O4. The summed E-state index contributed by atoms with van der Waals surface area (Å²) in [5.74, 6) is -0.789. The van der Waals surface area contributed by atoms with Gasteiger partial charge < -0.3 is 16.0 Å². The summed E-state index contributed by atoms with van der Waals surface area (Å²) in [6, 6.07) is 17.4. The summed E-state index contributed by atoms with van der Waals surface area (Å²) in [5, 5.41) is 12.4. The van der Waals surface area contributed by atoms with Crippen LogP contribution in [-0.4, -0.2) is 40.6 Å². The number of benzene rings is 2. The number of amides is 3. The SMILES string of the molecule is CCC(=O)Nc1ccc(C(=O)NCCNC(=O)Cn2nc(-c3ccc(CC)cc3)ccc2=O)cc1. The van der Waals surface area contributed by atoms with Crippen molar-refractivity contribution in [2.24, 2.45) is 0 Å². The van der Waals surface area contributed by atoms with Crippen molar-refractivity contribution in [3.63, 3.8) is 0 Å². The first kappa shape index (κ1) is 25.4. The van der Waals surface area contributed by atoms with Gasteiger partial charge in [0.05, 0.1) is 5.69 Å². The van der Waals surface area contributed by atoms with Crippen LogP contribution in [0, 0.1) is 0 Å². The van der Waals surface area contributed by atoms with Gasteiger partial charge in [-0.1, -0.05) is 38.1 Å². The van der Waals surface area contributed by atoms with Gasteiger partial charge in [0.1, 0.15) is 6.54 Å². The van der Waals surface area contributed by atoms with Crippen LogP contribution in [0.25, 0.3) is 11.3 Å². The van der Waals surface area contributed by atoms with Crippen molar-refractivity contribution >= 4 is 23.4 Å². The first-order chi connectivity index (χ1) is 16.9. The Hall–Kier alpha value is -4.27. The molecule has 1 heterocycles. The highest BCUT2D eigenvalue weighted by Crippen LogP contribution is 2.16. The van der Waals surface area contributed by atoms with E-state index in [-0.39, 0.29) is 42.9 Å². The number of nitrogens with one attached hydrogen (secondary N) is 3. The van der Waals surface area contributed by atoms with Crippen LogP contribution < -0.4 is 21.5 Å². The van der Waals surface area contributed by atoms with Gasteiger partial charge in [-0.3, -0.25) is 19.2 Å². The van der Waals surface area contributed by atoms with Gasteiger partial charge >= 0.3 is 0 Å². The third-order valence-electron chi connectivity index (χ3n) is 5.30. The molecule has 9 heteroatoms. The first-order valence-corrected chi connectivity index (χ1v) is 11.5. The molecule has 2 aromatic carbocycles. The predicted octanol–water partition coefficient (Wildman–Crippen LogP) is 2.37. The molecule has 1 aromatic heterocycles. The summed E-state index contributed by atoms with van der Waals surface area (Å²) in [6.45, 7) is 4.02. The lowest BCUT2D eigenvalue weighted by atomic mass is 10.1. The summed E-state index contributed by atoms with van der Waals surface area (Å²) >= 11 is 0. The molecule has 3 rings (SSSR count). The van der Waals surface area contributed by atoms with E-state index in [2.05, 4.69) is 28.0 Å². The molecule has 0 spiro atoms. The van der Waals surface area contributed by atoms with E-state index in [0.29, 0.717) is 23.4 Å². The van der Waals surface area contributed by atoms with Gasteiger partial charge in [-0.15, -0.1) is 0 Å². The van der Waals surface area contributed by atoms with E-state index in [9.17, 15) is 19.2 Å². The largest absolute Gasteiger partial charge is 0.353 e. The molecule has 35 heavy (non-hydrogen) atoms. The van der Waals surface area contributed by atoms with E-state index in [1.807, 2.05) is 24.3 Å². The quantitative estimate of drug-likeness (QED) is 0.389. The number of hydrogen-bond acceptors (Lipinski definition) is 5. The molecule has 0 radical (unpaired) electrons. The average molecular weight is 476 g/mol. The van der Waals surface area contributed by atoms with Crippen molar-refractivity contribution in [3.8, 4) is 11.3 Å². The number of anilines is 1. The summed E-state index contributed by atoms with van der Waals surface area (Å²) < 4.78 is 1.12. The predicted molar refractivity (Wildman–Crippen MR) is 134 cm³/mol. The van der Waals surface area contributed by atoms with Crippen LogP contribution in [0.2, 0.25) is 0 Å². The van der Waals surface area contributed by atoms with Crippen LogP contribution in [0.5, 0.6) is 0 Å². The highest BCUT2D eigenvalue weighted by molar-refractivity contribution is 5.95. The van der Waals surface area contributed by atoms with Crippen molar-refractivity contribution in [1.29, 1.82) is 0 Å². The second kappa shape index (κ2) is 12.3. The first-order valence-electron chi connectivity index (χ1n) is 11.5. The van der Waals surface area contributed by atoms with E-state index in [1.54, 1.807) is 37.3 Å².